The van der Waals surface area contributed by atoms with E-state index in [1.54, 1.807) is 6.92 Å². The van der Waals surface area contributed by atoms with Gasteiger partial charge in [0.1, 0.15) is 6.04 Å². The second-order valence-electron chi connectivity index (χ2n) is 20.0. The zero-order chi connectivity index (χ0) is 39.9. The average Bonchev–Trinajstić information content (AvgIpc) is 3.76. The minimum absolute atomic E-state index is 0.0394. The summed E-state index contributed by atoms with van der Waals surface area (Å²) in [5.41, 5.74) is 5.82. The van der Waals surface area contributed by atoms with Crippen molar-refractivity contribution >= 4 is 28.2 Å². The van der Waals surface area contributed by atoms with Crippen molar-refractivity contribution in [3.63, 3.8) is 0 Å². The molecular weight excluding hydrogens is 687 g/mol. The summed E-state index contributed by atoms with van der Waals surface area (Å²) in [7, 11) is 1.93. The molecule has 2 aromatic rings. The molecule has 1 aromatic heterocycles. The van der Waals surface area contributed by atoms with Crippen LogP contribution in [0.5, 0.6) is 0 Å². The fraction of sp³-hybridized carbons (Fsp3) is 0.660. The lowest BCUT2D eigenvalue weighted by molar-refractivity contribution is -0.145. The Kier molecular flexibility index (Phi) is 8.81. The molecule has 0 saturated heterocycles. The number of aliphatic hydroxyl groups excluding tert-OH is 2. The van der Waals surface area contributed by atoms with E-state index in [0.29, 0.717) is 31.0 Å². The van der Waals surface area contributed by atoms with Crippen LogP contribution in [-0.2, 0) is 21.4 Å². The van der Waals surface area contributed by atoms with Gasteiger partial charge in [-0.3, -0.25) is 9.59 Å². The van der Waals surface area contributed by atoms with Crippen molar-refractivity contribution in [3.05, 3.63) is 64.4 Å². The van der Waals surface area contributed by atoms with Gasteiger partial charge < -0.3 is 29.7 Å². The Morgan fingerprint density at radius 2 is 1.84 bits per heavy atom. The number of rotatable bonds is 8. The first-order valence-corrected chi connectivity index (χ1v) is 21.0. The van der Waals surface area contributed by atoms with E-state index in [-0.39, 0.29) is 40.4 Å². The molecule has 8 nitrogen and oxygen atoms in total. The number of nitrogens with zero attached hydrogens (tertiary/aromatic N) is 2. The zero-order valence-electron chi connectivity index (χ0n) is 35.2. The molecule has 55 heavy (non-hydrogen) atoms. The SMILES string of the molecule is C=C(C)[C@H]1C(=O)c2c3c(cc4c5c(n1c24)[C@@]1(C)C(CC[C@H]2[C@](C)(/C=C/C(CNC)N(CCC)C(C)=O)[C@@H](O)CC[C@@]21C)C5)C1=CC(C)(C)OC(C)(C)C1[C@@H]3O. The van der Waals surface area contributed by atoms with Crippen LogP contribution in [-0.4, -0.2) is 74.9 Å². The Morgan fingerprint density at radius 1 is 1.13 bits per heavy atom. The number of nitrogens with one attached hydrogen (secondary N) is 1. The first kappa shape index (κ1) is 38.8. The summed E-state index contributed by atoms with van der Waals surface area (Å²) in [6.07, 6.45) is 10.7. The smallest absolute Gasteiger partial charge is 0.219 e. The third-order valence-electron chi connectivity index (χ3n) is 16.0. The van der Waals surface area contributed by atoms with Crippen LogP contribution in [0.3, 0.4) is 0 Å². The van der Waals surface area contributed by atoms with E-state index in [0.717, 1.165) is 65.3 Å². The maximum atomic E-state index is 15.0. The van der Waals surface area contributed by atoms with Gasteiger partial charge in [0.25, 0.3) is 0 Å². The van der Waals surface area contributed by atoms with E-state index < -0.39 is 34.9 Å². The first-order chi connectivity index (χ1) is 25.7. The van der Waals surface area contributed by atoms with E-state index in [1.807, 2.05) is 18.9 Å². The van der Waals surface area contributed by atoms with E-state index in [1.165, 1.54) is 11.3 Å². The molecule has 6 aliphatic rings. The maximum Gasteiger partial charge on any atom is 0.219 e. The number of carbonyl (C=O) groups excluding carboxylic acids is 2. The van der Waals surface area contributed by atoms with Gasteiger partial charge in [0, 0.05) is 53.4 Å². The molecule has 0 radical (unpaired) electrons. The number of benzene rings is 1. The zero-order valence-corrected chi connectivity index (χ0v) is 35.2. The third kappa shape index (κ3) is 5.02. The molecule has 8 heteroatoms. The van der Waals surface area contributed by atoms with Crippen LogP contribution in [0.4, 0.5) is 0 Å². The van der Waals surface area contributed by atoms with Crippen LogP contribution in [0.15, 0.2) is 36.4 Å². The molecule has 298 valence electrons. The predicted molar refractivity (Wildman–Crippen MR) is 219 cm³/mol. The highest BCUT2D eigenvalue weighted by Gasteiger charge is 2.68. The summed E-state index contributed by atoms with van der Waals surface area (Å²) < 4.78 is 8.94. The van der Waals surface area contributed by atoms with Crippen molar-refractivity contribution in [2.45, 2.75) is 149 Å². The van der Waals surface area contributed by atoms with Crippen molar-refractivity contribution in [1.82, 2.24) is 14.8 Å². The number of carbonyl (C=O) groups is 2. The van der Waals surface area contributed by atoms with Crippen LogP contribution in [0.2, 0.25) is 0 Å². The Morgan fingerprint density at radius 3 is 2.47 bits per heavy atom. The maximum absolute atomic E-state index is 15.0. The number of Topliss-reactive ketones (excluding diaryl/α,β-unsaturated/α-hetero) is 1. The lowest BCUT2D eigenvalue weighted by Gasteiger charge is -2.64. The van der Waals surface area contributed by atoms with Crippen LogP contribution in [0.25, 0.3) is 16.5 Å². The second kappa shape index (κ2) is 12.5. The Hall–Kier alpha value is -3.04. The van der Waals surface area contributed by atoms with Gasteiger partial charge in [-0.1, -0.05) is 52.0 Å². The van der Waals surface area contributed by atoms with Crippen LogP contribution in [0, 0.1) is 28.6 Å². The van der Waals surface area contributed by atoms with E-state index >= 15 is 0 Å². The average molecular weight is 752 g/mol. The first-order valence-electron chi connectivity index (χ1n) is 21.0. The number of hydrogen-bond donors (Lipinski definition) is 3. The molecule has 1 amide bonds. The van der Waals surface area contributed by atoms with Gasteiger partial charge in [-0.25, -0.2) is 0 Å². The molecule has 3 N–H and O–H groups in total. The molecule has 1 aromatic carbocycles. The highest BCUT2D eigenvalue weighted by atomic mass is 16.5. The number of amides is 1. The predicted octanol–water partition coefficient (Wildman–Crippen LogP) is 8.00. The fourth-order valence-electron chi connectivity index (χ4n) is 13.7. The Bertz CT molecular complexity index is 2070. The lowest BCUT2D eigenvalue weighted by atomic mass is 9.40. The highest BCUT2D eigenvalue weighted by molar-refractivity contribution is 6.18. The largest absolute Gasteiger partial charge is 0.392 e. The van der Waals surface area contributed by atoms with E-state index in [4.69, 9.17) is 4.74 Å². The monoisotopic (exact) mass is 751 g/mol. The number of hydrogen-bond acceptors (Lipinski definition) is 6. The number of aliphatic hydroxyl groups is 2. The molecule has 2 aliphatic heterocycles. The fourth-order valence-corrected chi connectivity index (χ4v) is 13.7. The van der Waals surface area contributed by atoms with Crippen molar-refractivity contribution < 1.29 is 24.5 Å². The van der Waals surface area contributed by atoms with Gasteiger partial charge in [-0.15, -0.1) is 0 Å². The number of ketones is 1. The van der Waals surface area contributed by atoms with Crippen molar-refractivity contribution in [2.24, 2.45) is 28.6 Å². The summed E-state index contributed by atoms with van der Waals surface area (Å²) in [6.45, 7) is 27.0. The van der Waals surface area contributed by atoms with Gasteiger partial charge in [0.15, 0.2) is 5.78 Å². The molecule has 3 heterocycles. The molecule has 2 saturated carbocycles. The lowest BCUT2D eigenvalue weighted by Crippen LogP contribution is -2.62. The number of allylic oxidation sites excluding steroid dienone is 1. The number of ether oxygens (including phenoxy) is 1. The molecule has 4 aliphatic carbocycles. The summed E-state index contributed by atoms with van der Waals surface area (Å²) in [5.74, 6) is 0.396. The molecule has 3 unspecified atom stereocenters. The number of aromatic nitrogens is 1. The van der Waals surface area contributed by atoms with Gasteiger partial charge in [0.2, 0.25) is 5.91 Å². The van der Waals surface area contributed by atoms with Crippen molar-refractivity contribution in [3.8, 4) is 0 Å². The van der Waals surface area contributed by atoms with E-state index in [2.05, 4.69) is 96.1 Å². The molecular formula is C47H65N3O5. The van der Waals surface area contributed by atoms with Crippen molar-refractivity contribution in [1.29, 1.82) is 0 Å². The summed E-state index contributed by atoms with van der Waals surface area (Å²) in [6, 6.07) is 1.68. The summed E-state index contributed by atoms with van der Waals surface area (Å²) in [5, 5.41) is 28.7. The summed E-state index contributed by atoms with van der Waals surface area (Å²) >= 11 is 0. The normalized spacial score (nSPS) is 37.0. The van der Waals surface area contributed by atoms with E-state index in [9.17, 15) is 19.8 Å². The van der Waals surface area contributed by atoms with Gasteiger partial charge in [0.05, 0.1) is 40.5 Å². The van der Waals surface area contributed by atoms with Gasteiger partial charge in [-0.05, 0) is 126 Å². The standard InChI is InChI=1S/C47H65N3O5/c1-13-20-49(26(4)51)28(24-48-12)16-18-45(9)33-15-14-27-21-31-30-22-29-32-23-43(5,6)55-44(7,8)37(32)40(53)35(29)36-39(30)50(38(25(2)3)41(36)54)42(31)47(27,11)46(33,10)19-17-34(45)52/h16,18,22-23,27-28,33-34,37-38,40,48,52-53H,2,13-15,17,19-21,24H2,1,3-12H3/b18-16+/t27?,28?,33-,34-,37?,38-,40+,45-,46-,47+/m0/s1. The minimum atomic E-state index is -0.854. The molecule has 0 bridgehead atoms. The Labute approximate surface area is 328 Å². The minimum Gasteiger partial charge on any atom is -0.392 e. The molecule has 0 spiro atoms. The highest BCUT2D eigenvalue weighted by Crippen LogP contribution is 2.71. The number of likely N-dealkylation sites (N-methyl/N-ethyl adjacent to an activating group) is 1. The third-order valence-corrected chi connectivity index (χ3v) is 16.0. The van der Waals surface area contributed by atoms with Crippen LogP contribution >= 0.6 is 0 Å². The molecule has 2 fully saturated rings. The molecule has 8 rings (SSSR count). The topological polar surface area (TPSA) is 104 Å². The van der Waals surface area contributed by atoms with Gasteiger partial charge in [-0.2, -0.15) is 0 Å². The van der Waals surface area contributed by atoms with Crippen LogP contribution in [0.1, 0.15) is 146 Å². The van der Waals surface area contributed by atoms with Crippen LogP contribution < -0.4 is 5.32 Å². The number of fused-ring (bicyclic) bond motifs is 11. The second-order valence-corrected chi connectivity index (χ2v) is 20.0. The van der Waals surface area contributed by atoms with Gasteiger partial charge >= 0.3 is 0 Å². The summed E-state index contributed by atoms with van der Waals surface area (Å²) in [4.78, 5) is 29.7. The Balaban J connectivity index is 1.31. The molecule has 10 atom stereocenters. The quantitative estimate of drug-likeness (QED) is 0.236. The van der Waals surface area contributed by atoms with Crippen molar-refractivity contribution in [2.75, 3.05) is 20.1 Å².